The van der Waals surface area contributed by atoms with Crippen LogP contribution >= 0.6 is 11.8 Å². The van der Waals surface area contributed by atoms with Gasteiger partial charge in [0.1, 0.15) is 0 Å². The molecule has 3 rings (SSSR count). The van der Waals surface area contributed by atoms with Crippen LogP contribution in [0.15, 0.2) is 43.0 Å². The molecule has 0 spiro atoms. The van der Waals surface area contributed by atoms with E-state index in [1.807, 2.05) is 46.8 Å². The van der Waals surface area contributed by atoms with Gasteiger partial charge in [0.05, 0.1) is 6.33 Å². The summed E-state index contributed by atoms with van der Waals surface area (Å²) in [5, 5.41) is 6.64. The lowest BCUT2D eigenvalue weighted by molar-refractivity contribution is 0.252. The van der Waals surface area contributed by atoms with E-state index in [0.717, 1.165) is 28.8 Å². The van der Waals surface area contributed by atoms with Crippen molar-refractivity contribution in [2.45, 2.75) is 37.5 Å². The van der Waals surface area contributed by atoms with Crippen molar-refractivity contribution < 1.29 is 4.79 Å². The summed E-state index contributed by atoms with van der Waals surface area (Å²) in [4.78, 5) is 16.0. The molecule has 2 N–H and O–H groups in total. The Labute approximate surface area is 147 Å². The number of benzene rings is 1. The molecule has 0 unspecified atom stereocenters. The number of amides is 2. The first-order valence-corrected chi connectivity index (χ1v) is 9.55. The Bertz CT molecular complexity index is 638. The monoisotopic (exact) mass is 344 g/mol. The second kappa shape index (κ2) is 8.78. The maximum Gasteiger partial charge on any atom is 0.319 e. The number of imidazole rings is 1. The van der Waals surface area contributed by atoms with E-state index in [1.165, 1.54) is 25.7 Å². The van der Waals surface area contributed by atoms with E-state index in [-0.39, 0.29) is 6.03 Å². The average molecular weight is 344 g/mol. The second-order valence-electron chi connectivity index (χ2n) is 6.09. The number of thioether (sulfide) groups is 1. The van der Waals surface area contributed by atoms with Crippen LogP contribution in [-0.2, 0) is 6.54 Å². The minimum absolute atomic E-state index is 0.137. The number of carbonyl (C=O) groups is 1. The van der Waals surface area contributed by atoms with Crippen LogP contribution in [0.4, 0.5) is 10.5 Å². The van der Waals surface area contributed by atoms with E-state index >= 15 is 0 Å². The molecule has 1 aromatic carbocycles. The van der Waals surface area contributed by atoms with Crippen molar-refractivity contribution in [3.8, 4) is 0 Å². The largest absolute Gasteiger partial charge is 0.337 e. The Morgan fingerprint density at radius 3 is 3.00 bits per heavy atom. The highest BCUT2D eigenvalue weighted by atomic mass is 32.2. The summed E-state index contributed by atoms with van der Waals surface area (Å²) in [6.45, 7) is 1.46. The molecule has 1 aliphatic carbocycles. The number of anilines is 1. The molecule has 0 radical (unpaired) electrons. The molecule has 1 heterocycles. The molecule has 0 aliphatic heterocycles. The molecule has 2 amide bonds. The molecule has 1 aromatic heterocycles. The second-order valence-corrected chi connectivity index (χ2v) is 7.50. The minimum Gasteiger partial charge on any atom is -0.337 e. The Kier molecular flexibility index (Phi) is 6.18. The zero-order chi connectivity index (χ0) is 16.6. The lowest BCUT2D eigenvalue weighted by Crippen LogP contribution is -2.30. The Hall–Kier alpha value is -1.95. The number of urea groups is 1. The van der Waals surface area contributed by atoms with Crippen LogP contribution in [0.25, 0.3) is 0 Å². The molecule has 5 nitrogen and oxygen atoms in total. The number of rotatable bonds is 7. The highest BCUT2D eigenvalue weighted by Crippen LogP contribution is 2.28. The highest BCUT2D eigenvalue weighted by molar-refractivity contribution is 7.99. The van der Waals surface area contributed by atoms with E-state index in [2.05, 4.69) is 15.6 Å². The fourth-order valence-electron chi connectivity index (χ4n) is 2.96. The molecule has 128 valence electrons. The zero-order valence-electron chi connectivity index (χ0n) is 13.8. The molecule has 1 saturated carbocycles. The normalized spacial score (nSPS) is 14.7. The van der Waals surface area contributed by atoms with Gasteiger partial charge in [-0.15, -0.1) is 0 Å². The number of hydrogen-bond acceptors (Lipinski definition) is 3. The van der Waals surface area contributed by atoms with Crippen molar-refractivity contribution in [3.63, 3.8) is 0 Å². The van der Waals surface area contributed by atoms with Crippen LogP contribution in [0, 0.1) is 0 Å². The van der Waals surface area contributed by atoms with Gasteiger partial charge >= 0.3 is 6.03 Å². The first-order chi connectivity index (χ1) is 11.8. The standard InChI is InChI=1S/C18H24N4OS/c23-18(20-9-11-24-17-6-1-2-7-17)21-16-5-3-4-15(12-16)13-22-10-8-19-14-22/h3-5,8,10,12,14,17H,1-2,6-7,9,11,13H2,(H2,20,21,23). The van der Waals surface area contributed by atoms with Crippen LogP contribution in [0.5, 0.6) is 0 Å². The topological polar surface area (TPSA) is 59.0 Å². The average Bonchev–Trinajstić information content (AvgIpc) is 3.25. The Balaban J connectivity index is 1.40. The Morgan fingerprint density at radius 1 is 1.33 bits per heavy atom. The summed E-state index contributed by atoms with van der Waals surface area (Å²) in [5.41, 5.74) is 1.94. The van der Waals surface area contributed by atoms with Gasteiger partial charge in [0.2, 0.25) is 0 Å². The zero-order valence-corrected chi connectivity index (χ0v) is 14.6. The number of nitrogens with one attached hydrogen (secondary N) is 2. The van der Waals surface area contributed by atoms with Crippen molar-refractivity contribution >= 4 is 23.5 Å². The summed E-state index contributed by atoms with van der Waals surface area (Å²) < 4.78 is 2.00. The van der Waals surface area contributed by atoms with Gasteiger partial charge in [-0.2, -0.15) is 11.8 Å². The van der Waals surface area contributed by atoms with Crippen molar-refractivity contribution in [2.75, 3.05) is 17.6 Å². The quantitative estimate of drug-likeness (QED) is 0.753. The molecule has 1 aliphatic rings. The van der Waals surface area contributed by atoms with Gasteiger partial charge in [-0.3, -0.25) is 0 Å². The van der Waals surface area contributed by atoms with E-state index in [9.17, 15) is 4.79 Å². The summed E-state index contributed by atoms with van der Waals surface area (Å²) in [6, 6.07) is 7.76. The molecular weight excluding hydrogens is 320 g/mol. The summed E-state index contributed by atoms with van der Waals surface area (Å²) in [6.07, 6.45) is 10.9. The smallest absolute Gasteiger partial charge is 0.319 e. The van der Waals surface area contributed by atoms with Crippen molar-refractivity contribution in [3.05, 3.63) is 48.5 Å². The Morgan fingerprint density at radius 2 is 2.21 bits per heavy atom. The predicted octanol–water partition coefficient (Wildman–Crippen LogP) is 3.73. The fourth-order valence-corrected chi connectivity index (χ4v) is 4.18. The molecule has 0 atom stereocenters. The third-order valence-electron chi connectivity index (χ3n) is 4.15. The maximum atomic E-state index is 12.0. The maximum absolute atomic E-state index is 12.0. The molecule has 0 bridgehead atoms. The van der Waals surface area contributed by atoms with Crippen LogP contribution in [0.2, 0.25) is 0 Å². The van der Waals surface area contributed by atoms with Gasteiger partial charge in [0.15, 0.2) is 0 Å². The number of nitrogens with zero attached hydrogens (tertiary/aromatic N) is 2. The summed E-state index contributed by atoms with van der Waals surface area (Å²) in [7, 11) is 0. The van der Waals surface area contributed by atoms with Crippen LogP contribution < -0.4 is 10.6 Å². The van der Waals surface area contributed by atoms with Gasteiger partial charge in [-0.25, -0.2) is 9.78 Å². The molecule has 24 heavy (non-hydrogen) atoms. The first-order valence-electron chi connectivity index (χ1n) is 8.51. The van der Waals surface area contributed by atoms with E-state index in [1.54, 1.807) is 12.5 Å². The summed E-state index contributed by atoms with van der Waals surface area (Å²) in [5.74, 6) is 0.985. The SMILES string of the molecule is O=C(NCCSC1CCCC1)Nc1cccc(Cn2ccnc2)c1. The lowest BCUT2D eigenvalue weighted by atomic mass is 10.2. The van der Waals surface area contributed by atoms with E-state index in [0.29, 0.717) is 6.54 Å². The number of hydrogen-bond donors (Lipinski definition) is 2. The van der Waals surface area contributed by atoms with E-state index in [4.69, 9.17) is 0 Å². The molecule has 0 saturated heterocycles. The van der Waals surface area contributed by atoms with Gasteiger partial charge in [0, 0.05) is 42.2 Å². The third kappa shape index (κ3) is 5.30. The van der Waals surface area contributed by atoms with Crippen LogP contribution in [0.1, 0.15) is 31.2 Å². The van der Waals surface area contributed by atoms with Crippen LogP contribution in [0.3, 0.4) is 0 Å². The van der Waals surface area contributed by atoms with Gasteiger partial charge < -0.3 is 15.2 Å². The van der Waals surface area contributed by atoms with Gasteiger partial charge in [-0.05, 0) is 30.5 Å². The van der Waals surface area contributed by atoms with Crippen molar-refractivity contribution in [1.82, 2.24) is 14.9 Å². The van der Waals surface area contributed by atoms with Crippen LogP contribution in [-0.4, -0.2) is 33.1 Å². The summed E-state index contributed by atoms with van der Waals surface area (Å²) >= 11 is 1.99. The molecule has 1 fully saturated rings. The van der Waals surface area contributed by atoms with Gasteiger partial charge in [-0.1, -0.05) is 25.0 Å². The van der Waals surface area contributed by atoms with Crippen molar-refractivity contribution in [2.24, 2.45) is 0 Å². The van der Waals surface area contributed by atoms with Crippen molar-refractivity contribution in [1.29, 1.82) is 0 Å². The number of carbonyl (C=O) groups excluding carboxylic acids is 1. The highest BCUT2D eigenvalue weighted by Gasteiger charge is 2.14. The minimum atomic E-state index is -0.137. The third-order valence-corrected chi connectivity index (χ3v) is 5.54. The molecule has 2 aromatic rings. The fraction of sp³-hybridized carbons (Fsp3) is 0.444. The predicted molar refractivity (Wildman–Crippen MR) is 99.5 cm³/mol. The molecule has 6 heteroatoms. The number of aromatic nitrogens is 2. The van der Waals surface area contributed by atoms with Gasteiger partial charge in [0.25, 0.3) is 0 Å². The molecular formula is C18H24N4OS. The van der Waals surface area contributed by atoms with E-state index < -0.39 is 0 Å². The lowest BCUT2D eigenvalue weighted by Gasteiger charge is -2.11. The first kappa shape index (κ1) is 16.9.